The second-order valence-corrected chi connectivity index (χ2v) is 5.53. The Morgan fingerprint density at radius 3 is 2.83 bits per heavy atom. The topological polar surface area (TPSA) is 43.1 Å². The average molecular weight is 245 g/mol. The highest BCUT2D eigenvalue weighted by atomic mass is 16.1. The van der Waals surface area contributed by atoms with Gasteiger partial charge >= 0.3 is 0 Å². The van der Waals surface area contributed by atoms with Gasteiger partial charge in [-0.25, -0.2) is 0 Å². The molecular weight excluding hydrogens is 222 g/mol. The van der Waals surface area contributed by atoms with Crippen molar-refractivity contribution in [2.24, 2.45) is 17.6 Å². The number of carbonyl (C=O) groups is 1. The number of nitrogens with two attached hydrogens (primary N) is 1. The number of rotatable bonds is 4. The molecule has 0 aliphatic heterocycles. The van der Waals surface area contributed by atoms with Gasteiger partial charge in [-0.2, -0.15) is 0 Å². The summed E-state index contributed by atoms with van der Waals surface area (Å²) in [6.45, 7) is 2.86. The third kappa shape index (κ3) is 2.99. The van der Waals surface area contributed by atoms with E-state index in [-0.39, 0.29) is 5.92 Å². The molecule has 0 saturated heterocycles. The van der Waals surface area contributed by atoms with Crippen LogP contribution in [0, 0.1) is 11.8 Å². The van der Waals surface area contributed by atoms with Crippen LogP contribution in [0.1, 0.15) is 48.5 Å². The third-order valence-electron chi connectivity index (χ3n) is 4.00. The molecule has 1 saturated carbocycles. The minimum Gasteiger partial charge on any atom is -0.330 e. The number of Topliss-reactive ketones (excluding diaryl/α,β-unsaturated/α-hetero) is 1. The largest absolute Gasteiger partial charge is 0.330 e. The molecule has 18 heavy (non-hydrogen) atoms. The first-order valence-corrected chi connectivity index (χ1v) is 7.04. The molecule has 2 atom stereocenters. The molecule has 2 rings (SSSR count). The van der Waals surface area contributed by atoms with Gasteiger partial charge in [-0.05, 0) is 37.3 Å². The van der Waals surface area contributed by atoms with E-state index in [0.717, 1.165) is 30.4 Å². The Bertz CT molecular complexity index is 413. The van der Waals surface area contributed by atoms with Crippen LogP contribution < -0.4 is 5.73 Å². The Morgan fingerprint density at radius 1 is 1.33 bits per heavy atom. The monoisotopic (exact) mass is 245 g/mol. The summed E-state index contributed by atoms with van der Waals surface area (Å²) in [6.07, 6.45) is 5.37. The van der Waals surface area contributed by atoms with E-state index < -0.39 is 0 Å². The Balaban J connectivity index is 2.17. The van der Waals surface area contributed by atoms with Crippen LogP contribution in [0.25, 0.3) is 0 Å². The van der Waals surface area contributed by atoms with E-state index in [1.807, 2.05) is 24.3 Å². The van der Waals surface area contributed by atoms with Crippen LogP contribution in [0.4, 0.5) is 0 Å². The van der Waals surface area contributed by atoms with E-state index in [1.54, 1.807) is 0 Å². The van der Waals surface area contributed by atoms with Crippen molar-refractivity contribution in [1.82, 2.24) is 0 Å². The van der Waals surface area contributed by atoms with E-state index >= 15 is 0 Å². The Labute approximate surface area is 110 Å². The average Bonchev–Trinajstić information content (AvgIpc) is 2.39. The quantitative estimate of drug-likeness (QED) is 0.828. The zero-order valence-electron chi connectivity index (χ0n) is 11.2. The first-order valence-electron chi connectivity index (χ1n) is 7.04. The van der Waals surface area contributed by atoms with Crippen LogP contribution in [-0.2, 0) is 6.42 Å². The molecular formula is C16H23NO. The van der Waals surface area contributed by atoms with Gasteiger partial charge < -0.3 is 5.73 Å². The molecule has 0 aromatic heterocycles. The summed E-state index contributed by atoms with van der Waals surface area (Å²) in [5.74, 6) is 1.26. The molecule has 1 aromatic carbocycles. The molecule has 0 bridgehead atoms. The van der Waals surface area contributed by atoms with Crippen molar-refractivity contribution in [3.63, 3.8) is 0 Å². The van der Waals surface area contributed by atoms with Gasteiger partial charge in [0.2, 0.25) is 0 Å². The summed E-state index contributed by atoms with van der Waals surface area (Å²) in [5.41, 5.74) is 7.64. The predicted molar refractivity (Wildman–Crippen MR) is 74.7 cm³/mol. The summed E-state index contributed by atoms with van der Waals surface area (Å²) in [5, 5.41) is 0. The summed E-state index contributed by atoms with van der Waals surface area (Å²) < 4.78 is 0. The Hall–Kier alpha value is -1.15. The standard InChI is InChI=1S/C16H23NO/c1-12-5-4-7-14(11-12)16(18)15-8-3-2-6-13(15)9-10-17/h2-3,6,8,12,14H,4-5,7,9-11,17H2,1H3. The highest BCUT2D eigenvalue weighted by Crippen LogP contribution is 2.31. The Kier molecular flexibility index (Phi) is 4.54. The zero-order valence-corrected chi connectivity index (χ0v) is 11.2. The van der Waals surface area contributed by atoms with Gasteiger partial charge in [0, 0.05) is 11.5 Å². The molecule has 2 nitrogen and oxygen atoms in total. The van der Waals surface area contributed by atoms with Gasteiger partial charge in [-0.3, -0.25) is 4.79 Å². The maximum Gasteiger partial charge on any atom is 0.166 e. The normalized spacial score (nSPS) is 23.9. The molecule has 0 radical (unpaired) electrons. The lowest BCUT2D eigenvalue weighted by Gasteiger charge is -2.26. The van der Waals surface area contributed by atoms with Crippen LogP contribution >= 0.6 is 0 Å². The first-order chi connectivity index (χ1) is 8.72. The lowest BCUT2D eigenvalue weighted by atomic mass is 9.78. The minimum absolute atomic E-state index is 0.229. The highest BCUT2D eigenvalue weighted by molar-refractivity contribution is 5.99. The van der Waals surface area contributed by atoms with Crippen LogP contribution in [-0.4, -0.2) is 12.3 Å². The van der Waals surface area contributed by atoms with Gasteiger partial charge in [0.05, 0.1) is 0 Å². The van der Waals surface area contributed by atoms with Crippen LogP contribution in [0.5, 0.6) is 0 Å². The van der Waals surface area contributed by atoms with Gasteiger partial charge in [-0.15, -0.1) is 0 Å². The number of carbonyl (C=O) groups excluding carboxylic acids is 1. The molecule has 98 valence electrons. The zero-order chi connectivity index (χ0) is 13.0. The number of hydrogen-bond acceptors (Lipinski definition) is 2. The van der Waals surface area contributed by atoms with Crippen molar-refractivity contribution in [2.45, 2.75) is 39.0 Å². The van der Waals surface area contributed by atoms with E-state index in [0.29, 0.717) is 18.2 Å². The fourth-order valence-corrected chi connectivity index (χ4v) is 3.03. The summed E-state index contributed by atoms with van der Waals surface area (Å²) >= 11 is 0. The van der Waals surface area contributed by atoms with E-state index in [4.69, 9.17) is 5.73 Å². The van der Waals surface area contributed by atoms with Crippen LogP contribution in [0.2, 0.25) is 0 Å². The molecule has 2 N–H and O–H groups in total. The lowest BCUT2D eigenvalue weighted by molar-refractivity contribution is 0.0867. The van der Waals surface area contributed by atoms with E-state index in [2.05, 4.69) is 6.92 Å². The maximum atomic E-state index is 12.6. The van der Waals surface area contributed by atoms with Crippen molar-refractivity contribution in [2.75, 3.05) is 6.54 Å². The van der Waals surface area contributed by atoms with Crippen molar-refractivity contribution < 1.29 is 4.79 Å². The molecule has 0 heterocycles. The number of benzene rings is 1. The van der Waals surface area contributed by atoms with Gasteiger partial charge in [-0.1, -0.05) is 44.0 Å². The lowest BCUT2D eigenvalue weighted by Crippen LogP contribution is -2.23. The molecule has 2 unspecified atom stereocenters. The van der Waals surface area contributed by atoms with Crippen molar-refractivity contribution in [1.29, 1.82) is 0 Å². The predicted octanol–water partition coefficient (Wildman–Crippen LogP) is 3.20. The highest BCUT2D eigenvalue weighted by Gasteiger charge is 2.26. The van der Waals surface area contributed by atoms with Gasteiger partial charge in [0.15, 0.2) is 5.78 Å². The molecule has 1 aliphatic rings. The second kappa shape index (κ2) is 6.14. The summed E-state index contributed by atoms with van der Waals surface area (Å²) in [6, 6.07) is 7.95. The smallest absolute Gasteiger partial charge is 0.166 e. The summed E-state index contributed by atoms with van der Waals surface area (Å²) in [7, 11) is 0. The van der Waals surface area contributed by atoms with Crippen molar-refractivity contribution in [3.8, 4) is 0 Å². The molecule has 0 spiro atoms. The fraction of sp³-hybridized carbons (Fsp3) is 0.562. The number of ketones is 1. The maximum absolute atomic E-state index is 12.6. The molecule has 2 heteroatoms. The van der Waals surface area contributed by atoms with Gasteiger partial charge in [0.1, 0.15) is 0 Å². The second-order valence-electron chi connectivity index (χ2n) is 5.53. The van der Waals surface area contributed by atoms with Crippen LogP contribution in [0.15, 0.2) is 24.3 Å². The molecule has 1 aromatic rings. The third-order valence-corrected chi connectivity index (χ3v) is 4.00. The van der Waals surface area contributed by atoms with E-state index in [1.165, 1.54) is 12.8 Å². The summed E-state index contributed by atoms with van der Waals surface area (Å²) in [4.78, 5) is 12.6. The molecule has 1 fully saturated rings. The molecule has 1 aliphatic carbocycles. The SMILES string of the molecule is CC1CCCC(C(=O)c2ccccc2CCN)C1. The minimum atomic E-state index is 0.229. The number of hydrogen-bond donors (Lipinski definition) is 1. The molecule has 0 amide bonds. The van der Waals surface area contributed by atoms with Gasteiger partial charge in [0.25, 0.3) is 0 Å². The Morgan fingerprint density at radius 2 is 2.11 bits per heavy atom. The van der Waals surface area contributed by atoms with Crippen molar-refractivity contribution in [3.05, 3.63) is 35.4 Å². The van der Waals surface area contributed by atoms with Crippen LogP contribution in [0.3, 0.4) is 0 Å². The van der Waals surface area contributed by atoms with E-state index in [9.17, 15) is 4.79 Å². The first kappa shape index (κ1) is 13.3. The van der Waals surface area contributed by atoms with Crippen molar-refractivity contribution >= 4 is 5.78 Å². The fourth-order valence-electron chi connectivity index (χ4n) is 3.03.